The molecule has 2 aliphatic heterocycles. The first-order valence-corrected chi connectivity index (χ1v) is 9.24. The topological polar surface area (TPSA) is 12.4 Å². The fraction of sp³-hybridized carbons (Fsp3) is 0.632. The molecule has 0 amide bonds. The average Bonchev–Trinajstić information content (AvgIpc) is 2.68. The van der Waals surface area contributed by atoms with E-state index < -0.39 is 0 Å². The third kappa shape index (κ3) is 2.92. The first kappa shape index (κ1) is 15.1. The Balaban J connectivity index is 2.05. The van der Waals surface area contributed by atoms with Gasteiger partial charge in [0.2, 0.25) is 0 Å². The molecule has 21 heavy (non-hydrogen) atoms. The summed E-state index contributed by atoms with van der Waals surface area (Å²) in [6.45, 7) is 8.25. The van der Waals surface area contributed by atoms with Crippen LogP contribution in [-0.4, -0.2) is 17.3 Å². The second-order valence-corrected chi connectivity index (χ2v) is 8.73. The van der Waals surface area contributed by atoms with Crippen LogP contribution in [0.15, 0.2) is 35.3 Å². The molecule has 1 nitrogen and oxygen atoms in total. The molecule has 1 fully saturated rings. The van der Waals surface area contributed by atoms with Gasteiger partial charge in [-0.05, 0) is 48.3 Å². The minimum Gasteiger partial charge on any atom is -0.282 e. The van der Waals surface area contributed by atoms with Crippen LogP contribution < -0.4 is 0 Å². The smallest absolute Gasteiger partial charge is 0.0781 e. The van der Waals surface area contributed by atoms with Gasteiger partial charge in [-0.3, -0.25) is 4.99 Å². The first-order valence-electron chi connectivity index (χ1n) is 8.26. The van der Waals surface area contributed by atoms with Crippen molar-refractivity contribution >= 4 is 16.8 Å². The van der Waals surface area contributed by atoms with E-state index in [1.165, 1.54) is 42.0 Å². The standard InChI is InChI=1S/C19H27NS/c1-18(2,3)16-10-13-21-17-19(14-16,11-7-12-20-17)15-8-5-4-6-9-15/h4-6,8-9,16H,7,10-14H2,1-3H3/t16?,19-/m1/s1. The molecule has 0 radical (unpaired) electrons. The highest BCUT2D eigenvalue weighted by Crippen LogP contribution is 2.49. The monoisotopic (exact) mass is 301 g/mol. The van der Waals surface area contributed by atoms with Crippen molar-refractivity contribution in [3.63, 3.8) is 0 Å². The molecule has 2 heterocycles. The largest absolute Gasteiger partial charge is 0.282 e. The summed E-state index contributed by atoms with van der Waals surface area (Å²) in [6.07, 6.45) is 5.10. The van der Waals surface area contributed by atoms with Crippen molar-refractivity contribution in [3.8, 4) is 0 Å². The molecule has 0 N–H and O–H groups in total. The van der Waals surface area contributed by atoms with Gasteiger partial charge in [0.1, 0.15) is 0 Å². The Labute approximate surface area is 133 Å². The van der Waals surface area contributed by atoms with E-state index >= 15 is 0 Å². The second kappa shape index (κ2) is 5.79. The molecular weight excluding hydrogens is 274 g/mol. The van der Waals surface area contributed by atoms with E-state index in [9.17, 15) is 0 Å². The molecule has 1 unspecified atom stereocenters. The third-order valence-electron chi connectivity index (χ3n) is 5.28. The predicted octanol–water partition coefficient (Wildman–Crippen LogP) is 5.31. The average molecular weight is 301 g/mol. The summed E-state index contributed by atoms with van der Waals surface area (Å²) in [4.78, 5) is 4.96. The van der Waals surface area contributed by atoms with Gasteiger partial charge in [0, 0.05) is 12.0 Å². The Hall–Kier alpha value is -0.760. The van der Waals surface area contributed by atoms with Gasteiger partial charge in [0.05, 0.1) is 5.04 Å². The van der Waals surface area contributed by atoms with Crippen molar-refractivity contribution in [3.05, 3.63) is 35.9 Å². The van der Waals surface area contributed by atoms with E-state index in [2.05, 4.69) is 51.1 Å². The Kier molecular flexibility index (Phi) is 4.18. The van der Waals surface area contributed by atoms with Crippen LogP contribution in [0.2, 0.25) is 0 Å². The van der Waals surface area contributed by atoms with E-state index in [1.54, 1.807) is 0 Å². The number of rotatable bonds is 1. The fourth-order valence-corrected chi connectivity index (χ4v) is 5.25. The van der Waals surface area contributed by atoms with Crippen molar-refractivity contribution < 1.29 is 0 Å². The molecular formula is C19H27NS. The normalized spacial score (nSPS) is 30.2. The molecule has 2 atom stereocenters. The zero-order valence-electron chi connectivity index (χ0n) is 13.6. The summed E-state index contributed by atoms with van der Waals surface area (Å²) < 4.78 is 0. The van der Waals surface area contributed by atoms with Crippen LogP contribution in [0.5, 0.6) is 0 Å². The summed E-state index contributed by atoms with van der Waals surface area (Å²) >= 11 is 2.03. The molecule has 0 bridgehead atoms. The van der Waals surface area contributed by atoms with E-state index in [-0.39, 0.29) is 5.41 Å². The molecule has 0 aliphatic carbocycles. The van der Waals surface area contributed by atoms with Crippen molar-refractivity contribution in [1.29, 1.82) is 0 Å². The Morgan fingerprint density at radius 3 is 2.67 bits per heavy atom. The second-order valence-electron chi connectivity index (χ2n) is 7.64. The highest BCUT2D eigenvalue weighted by molar-refractivity contribution is 8.14. The Morgan fingerprint density at radius 1 is 1.19 bits per heavy atom. The van der Waals surface area contributed by atoms with Gasteiger partial charge in [-0.1, -0.05) is 51.1 Å². The first-order chi connectivity index (χ1) is 10.0. The lowest BCUT2D eigenvalue weighted by molar-refractivity contribution is 0.191. The van der Waals surface area contributed by atoms with E-state index in [1.807, 2.05) is 11.8 Å². The van der Waals surface area contributed by atoms with Gasteiger partial charge in [-0.2, -0.15) is 0 Å². The van der Waals surface area contributed by atoms with Crippen molar-refractivity contribution in [2.24, 2.45) is 16.3 Å². The van der Waals surface area contributed by atoms with Crippen LogP contribution in [0.3, 0.4) is 0 Å². The number of hydrogen-bond acceptors (Lipinski definition) is 2. The lowest BCUT2D eigenvalue weighted by Gasteiger charge is -2.41. The number of nitrogens with zero attached hydrogens (tertiary/aromatic N) is 1. The van der Waals surface area contributed by atoms with Gasteiger partial charge in [0.15, 0.2) is 0 Å². The zero-order chi connectivity index (χ0) is 14.9. The SMILES string of the molecule is CC(C)(C)C1CCSC2=NCCC[C@]2(c2ccccc2)C1. The van der Waals surface area contributed by atoms with Crippen molar-refractivity contribution in [2.45, 2.75) is 51.9 Å². The highest BCUT2D eigenvalue weighted by Gasteiger charge is 2.45. The number of aliphatic imine (C=N–C) groups is 1. The molecule has 0 spiro atoms. The number of fused-ring (bicyclic) bond motifs is 1. The highest BCUT2D eigenvalue weighted by atomic mass is 32.2. The van der Waals surface area contributed by atoms with Crippen LogP contribution in [0.4, 0.5) is 0 Å². The van der Waals surface area contributed by atoms with Gasteiger partial charge < -0.3 is 0 Å². The number of benzene rings is 1. The van der Waals surface area contributed by atoms with E-state index in [0.29, 0.717) is 5.41 Å². The predicted molar refractivity (Wildman–Crippen MR) is 94.3 cm³/mol. The number of thioether (sulfide) groups is 1. The lowest BCUT2D eigenvalue weighted by Crippen LogP contribution is -2.39. The molecule has 2 heteroatoms. The minimum atomic E-state index is 0.193. The van der Waals surface area contributed by atoms with E-state index in [4.69, 9.17) is 4.99 Å². The molecule has 3 rings (SSSR count). The van der Waals surface area contributed by atoms with Crippen LogP contribution in [-0.2, 0) is 5.41 Å². The van der Waals surface area contributed by atoms with Gasteiger partial charge in [-0.25, -0.2) is 0 Å². The molecule has 0 saturated carbocycles. The summed E-state index contributed by atoms with van der Waals surface area (Å²) in [5.41, 5.74) is 2.07. The van der Waals surface area contributed by atoms with Crippen LogP contribution in [0, 0.1) is 11.3 Å². The summed E-state index contributed by atoms with van der Waals surface area (Å²) in [6, 6.07) is 11.2. The molecule has 1 aromatic carbocycles. The molecule has 1 saturated heterocycles. The summed E-state index contributed by atoms with van der Waals surface area (Å²) in [7, 11) is 0. The van der Waals surface area contributed by atoms with Gasteiger partial charge >= 0.3 is 0 Å². The molecule has 114 valence electrons. The maximum absolute atomic E-state index is 4.96. The summed E-state index contributed by atoms with van der Waals surface area (Å²) in [5, 5.41) is 1.42. The maximum Gasteiger partial charge on any atom is 0.0781 e. The third-order valence-corrected chi connectivity index (χ3v) is 6.51. The van der Waals surface area contributed by atoms with Gasteiger partial charge in [-0.15, -0.1) is 11.8 Å². The molecule has 2 aliphatic rings. The van der Waals surface area contributed by atoms with Crippen LogP contribution in [0.25, 0.3) is 0 Å². The van der Waals surface area contributed by atoms with Gasteiger partial charge in [0.25, 0.3) is 0 Å². The van der Waals surface area contributed by atoms with Crippen LogP contribution >= 0.6 is 11.8 Å². The van der Waals surface area contributed by atoms with Crippen molar-refractivity contribution in [1.82, 2.24) is 0 Å². The Bertz CT molecular complexity index is 514. The van der Waals surface area contributed by atoms with Crippen LogP contribution in [0.1, 0.15) is 52.0 Å². The fourth-order valence-electron chi connectivity index (χ4n) is 3.90. The summed E-state index contributed by atoms with van der Waals surface area (Å²) in [5.74, 6) is 2.01. The van der Waals surface area contributed by atoms with Crippen molar-refractivity contribution in [2.75, 3.05) is 12.3 Å². The molecule has 0 aromatic heterocycles. The minimum absolute atomic E-state index is 0.193. The lowest BCUT2D eigenvalue weighted by atomic mass is 9.65. The van der Waals surface area contributed by atoms with E-state index in [0.717, 1.165) is 12.5 Å². The quantitative estimate of drug-likeness (QED) is 0.685. The Morgan fingerprint density at radius 2 is 1.95 bits per heavy atom. The molecule has 1 aromatic rings. The zero-order valence-corrected chi connectivity index (χ0v) is 14.4. The maximum atomic E-state index is 4.96. The number of hydrogen-bond donors (Lipinski definition) is 0.